The molecular weight excluding hydrogens is 392 g/mol. The van der Waals surface area contributed by atoms with Gasteiger partial charge in [-0.1, -0.05) is 36.4 Å². The molecule has 0 fully saturated rings. The molecule has 0 aliphatic carbocycles. The molecule has 3 amide bonds. The zero-order valence-electron chi connectivity index (χ0n) is 16.8. The number of rotatable bonds is 6. The molecule has 0 aromatic heterocycles. The number of hydrogen-bond acceptors (Lipinski definition) is 5. The Morgan fingerprint density at radius 3 is 2.21 bits per heavy atom. The maximum atomic E-state index is 12.6. The molecule has 2 aromatic rings. The summed E-state index contributed by atoms with van der Waals surface area (Å²) >= 11 is 0. The molecule has 0 saturated carbocycles. The second-order valence-electron chi connectivity index (χ2n) is 7.44. The van der Waals surface area contributed by atoms with Crippen molar-refractivity contribution in [3.05, 3.63) is 60.2 Å². The molecule has 8 nitrogen and oxygen atoms in total. The summed E-state index contributed by atoms with van der Waals surface area (Å²) in [5.41, 5.74) is 0.403. The third kappa shape index (κ3) is 6.58. The number of carbonyl (C=O) groups excluding carboxylic acids is 2. The van der Waals surface area contributed by atoms with Gasteiger partial charge in [-0.15, -0.1) is 0 Å². The summed E-state index contributed by atoms with van der Waals surface area (Å²) in [6.45, 7) is 5.25. The second kappa shape index (κ2) is 9.06. The molecule has 0 bridgehead atoms. The Bertz CT molecular complexity index is 969. The number of hydrogen-bond donors (Lipinski definition) is 4. The summed E-state index contributed by atoms with van der Waals surface area (Å²) in [7, 11) is -2.33. The molecule has 1 atom stereocenters. The fourth-order valence-corrected chi connectivity index (χ4v) is 4.04. The van der Waals surface area contributed by atoms with E-state index in [4.69, 9.17) is 0 Å². The third-order valence-electron chi connectivity index (χ3n) is 3.75. The van der Waals surface area contributed by atoms with Crippen LogP contribution in [-0.4, -0.2) is 32.9 Å². The fraction of sp³-hybridized carbons (Fsp3) is 0.300. The van der Waals surface area contributed by atoms with Crippen LogP contribution in [0.5, 0.6) is 0 Å². The first kappa shape index (κ1) is 22.4. The number of carbonyl (C=O) groups is 2. The van der Waals surface area contributed by atoms with Crippen LogP contribution in [0.15, 0.2) is 59.5 Å². The van der Waals surface area contributed by atoms with E-state index in [1.54, 1.807) is 57.2 Å². The summed E-state index contributed by atoms with van der Waals surface area (Å²) in [4.78, 5) is 24.3. The molecule has 0 aliphatic rings. The molecule has 0 spiro atoms. The topological polar surface area (TPSA) is 116 Å². The number of anilines is 1. The first-order valence-corrected chi connectivity index (χ1v) is 10.5. The van der Waals surface area contributed by atoms with Crippen LogP contribution < -0.4 is 20.7 Å². The van der Waals surface area contributed by atoms with Crippen molar-refractivity contribution in [1.82, 2.24) is 15.4 Å². The fourth-order valence-electron chi connectivity index (χ4n) is 2.57. The Morgan fingerprint density at radius 2 is 1.62 bits per heavy atom. The normalized spacial score (nSPS) is 12.7. The summed E-state index contributed by atoms with van der Waals surface area (Å²) in [6.07, 6.45) is 0. The van der Waals surface area contributed by atoms with Gasteiger partial charge >= 0.3 is 6.03 Å². The Balaban J connectivity index is 2.34. The lowest BCUT2D eigenvalue weighted by atomic mass is 10.1. The van der Waals surface area contributed by atoms with Gasteiger partial charge in [-0.25, -0.2) is 17.9 Å². The number of urea groups is 1. The maximum Gasteiger partial charge on any atom is 0.321 e. The monoisotopic (exact) mass is 418 g/mol. The lowest BCUT2D eigenvalue weighted by molar-refractivity contribution is -0.120. The highest BCUT2D eigenvalue weighted by molar-refractivity contribution is 7.89. The number of nitrogens with one attached hydrogen (secondary N) is 4. The lowest BCUT2D eigenvalue weighted by Crippen LogP contribution is -2.42. The van der Waals surface area contributed by atoms with Crippen LogP contribution in [0.2, 0.25) is 0 Å². The van der Waals surface area contributed by atoms with Crippen LogP contribution in [-0.2, 0) is 14.8 Å². The highest BCUT2D eigenvalue weighted by atomic mass is 32.2. The number of amides is 3. The van der Waals surface area contributed by atoms with E-state index in [-0.39, 0.29) is 4.90 Å². The van der Waals surface area contributed by atoms with Gasteiger partial charge in [-0.05, 0) is 44.5 Å². The third-order valence-corrected chi connectivity index (χ3v) is 5.51. The van der Waals surface area contributed by atoms with E-state index in [0.717, 1.165) is 0 Å². The van der Waals surface area contributed by atoms with Gasteiger partial charge < -0.3 is 10.6 Å². The summed E-state index contributed by atoms with van der Waals surface area (Å²) in [5, 5.41) is 7.59. The van der Waals surface area contributed by atoms with Gasteiger partial charge in [-0.2, -0.15) is 0 Å². The van der Waals surface area contributed by atoms with Gasteiger partial charge in [0, 0.05) is 18.3 Å². The van der Waals surface area contributed by atoms with Crippen LogP contribution in [0.25, 0.3) is 0 Å². The lowest BCUT2D eigenvalue weighted by Gasteiger charge is -2.22. The van der Waals surface area contributed by atoms with E-state index in [0.29, 0.717) is 11.3 Å². The molecule has 0 heterocycles. The molecule has 2 rings (SSSR count). The van der Waals surface area contributed by atoms with E-state index in [9.17, 15) is 18.0 Å². The molecule has 0 aliphatic heterocycles. The molecule has 0 saturated heterocycles. The van der Waals surface area contributed by atoms with Gasteiger partial charge in [0.05, 0.1) is 4.90 Å². The standard InChI is InChI=1S/C20H26N4O4S/c1-20(2,3)24-29(27,28)16-12-8-11-15(13-16)22-17(14-9-6-5-7-10-14)18(25)23-19(26)21-4/h5-13,17,22,24H,1-4H3,(H2,21,23,25,26)/t17-/m1/s1. The average Bonchev–Trinajstić information content (AvgIpc) is 2.65. The Labute approximate surface area is 171 Å². The summed E-state index contributed by atoms with van der Waals surface area (Å²) in [6, 6.07) is 13.4. The molecule has 156 valence electrons. The first-order valence-electron chi connectivity index (χ1n) is 9.00. The van der Waals surface area contributed by atoms with Crippen molar-refractivity contribution in [3.63, 3.8) is 0 Å². The van der Waals surface area contributed by atoms with Gasteiger partial charge in [0.2, 0.25) is 10.0 Å². The number of sulfonamides is 1. The van der Waals surface area contributed by atoms with Crippen molar-refractivity contribution in [3.8, 4) is 0 Å². The van der Waals surface area contributed by atoms with Gasteiger partial charge in [0.25, 0.3) is 5.91 Å². The van der Waals surface area contributed by atoms with Gasteiger partial charge in [-0.3, -0.25) is 10.1 Å². The molecule has 0 unspecified atom stereocenters. The highest BCUT2D eigenvalue weighted by Crippen LogP contribution is 2.23. The second-order valence-corrected chi connectivity index (χ2v) is 9.12. The zero-order valence-corrected chi connectivity index (χ0v) is 17.6. The minimum Gasteiger partial charge on any atom is -0.370 e. The zero-order chi connectivity index (χ0) is 21.7. The minimum atomic E-state index is -3.74. The van der Waals surface area contributed by atoms with Gasteiger partial charge in [0.1, 0.15) is 6.04 Å². The first-order chi connectivity index (χ1) is 13.5. The molecule has 29 heavy (non-hydrogen) atoms. The predicted octanol–water partition coefficient (Wildman–Crippen LogP) is 2.37. The van der Waals surface area contributed by atoms with Crippen molar-refractivity contribution in [2.24, 2.45) is 0 Å². The number of benzene rings is 2. The molecule has 2 aromatic carbocycles. The quantitative estimate of drug-likeness (QED) is 0.575. The minimum absolute atomic E-state index is 0.0657. The van der Waals surface area contributed by atoms with E-state index in [1.165, 1.54) is 19.2 Å². The van der Waals surface area contributed by atoms with Crippen LogP contribution in [0.1, 0.15) is 32.4 Å². The molecular formula is C20H26N4O4S. The number of imide groups is 1. The largest absolute Gasteiger partial charge is 0.370 e. The Morgan fingerprint density at radius 1 is 0.966 bits per heavy atom. The molecule has 4 N–H and O–H groups in total. The Hall–Kier alpha value is -2.91. The van der Waals surface area contributed by atoms with Crippen molar-refractivity contribution < 1.29 is 18.0 Å². The van der Waals surface area contributed by atoms with Crippen LogP contribution in [0.4, 0.5) is 10.5 Å². The van der Waals surface area contributed by atoms with E-state index < -0.39 is 33.5 Å². The smallest absolute Gasteiger partial charge is 0.321 e. The van der Waals surface area contributed by atoms with E-state index in [2.05, 4.69) is 20.7 Å². The van der Waals surface area contributed by atoms with E-state index in [1.807, 2.05) is 6.07 Å². The molecule has 0 radical (unpaired) electrons. The van der Waals surface area contributed by atoms with Crippen molar-refractivity contribution in [2.45, 2.75) is 37.2 Å². The molecule has 9 heteroatoms. The predicted molar refractivity (Wildman–Crippen MR) is 112 cm³/mol. The highest BCUT2D eigenvalue weighted by Gasteiger charge is 2.24. The van der Waals surface area contributed by atoms with Crippen LogP contribution >= 0.6 is 0 Å². The summed E-state index contributed by atoms with van der Waals surface area (Å²) < 4.78 is 27.8. The van der Waals surface area contributed by atoms with Crippen LogP contribution in [0, 0.1) is 0 Å². The van der Waals surface area contributed by atoms with Gasteiger partial charge in [0.15, 0.2) is 0 Å². The van der Waals surface area contributed by atoms with Crippen molar-refractivity contribution in [2.75, 3.05) is 12.4 Å². The SMILES string of the molecule is CNC(=O)NC(=O)[C@H](Nc1cccc(S(=O)(=O)NC(C)(C)C)c1)c1ccccc1. The van der Waals surface area contributed by atoms with Crippen molar-refractivity contribution >= 4 is 27.6 Å². The van der Waals surface area contributed by atoms with Crippen LogP contribution in [0.3, 0.4) is 0 Å². The average molecular weight is 419 g/mol. The van der Waals surface area contributed by atoms with Crippen molar-refractivity contribution in [1.29, 1.82) is 0 Å². The maximum absolute atomic E-state index is 12.6. The summed E-state index contributed by atoms with van der Waals surface area (Å²) in [5.74, 6) is -0.573. The van der Waals surface area contributed by atoms with E-state index >= 15 is 0 Å². The Kier molecular flexibility index (Phi) is 6.99.